The summed E-state index contributed by atoms with van der Waals surface area (Å²) in [7, 11) is 0. The molecule has 0 amide bonds. The van der Waals surface area contributed by atoms with E-state index in [4.69, 9.17) is 4.74 Å². The minimum absolute atomic E-state index is 0. The third-order valence-corrected chi connectivity index (χ3v) is 4.88. The molecule has 0 spiro atoms. The second-order valence-electron chi connectivity index (χ2n) is 6.94. The summed E-state index contributed by atoms with van der Waals surface area (Å²) in [5.74, 6) is -0.00638. The quantitative estimate of drug-likeness (QED) is 0.657. The first-order valence-electron chi connectivity index (χ1n) is 9.27. The molecule has 1 fully saturated rings. The van der Waals surface area contributed by atoms with E-state index in [-0.39, 0.29) is 30.4 Å². The fraction of sp³-hybridized carbons (Fsp3) is 0.409. The topological polar surface area (TPSA) is 29.5 Å². The molecule has 26 heavy (non-hydrogen) atoms. The highest BCUT2D eigenvalue weighted by molar-refractivity contribution is 5.89. The molecule has 2 aromatic carbocycles. The zero-order chi connectivity index (χ0) is 17.5. The van der Waals surface area contributed by atoms with Crippen molar-refractivity contribution >= 4 is 18.4 Å². The third kappa shape index (κ3) is 5.58. The first-order chi connectivity index (χ1) is 12.2. The van der Waals surface area contributed by atoms with Crippen molar-refractivity contribution in [3.63, 3.8) is 0 Å². The number of benzene rings is 2. The van der Waals surface area contributed by atoms with Crippen molar-refractivity contribution in [3.8, 4) is 0 Å². The molecule has 140 valence electrons. The normalized spacial score (nSPS) is 17.0. The van der Waals surface area contributed by atoms with Crippen molar-refractivity contribution in [3.05, 3.63) is 71.8 Å². The summed E-state index contributed by atoms with van der Waals surface area (Å²) in [5.41, 5.74) is 1.67. The van der Waals surface area contributed by atoms with E-state index in [0.717, 1.165) is 25.2 Å². The van der Waals surface area contributed by atoms with E-state index in [0.29, 0.717) is 5.56 Å². The number of ether oxygens (including phenoxy) is 1. The first kappa shape index (κ1) is 20.5. The number of likely N-dealkylation sites (tertiary alicyclic amines) is 1. The molecule has 1 aliphatic heterocycles. The molecule has 0 bridgehead atoms. The van der Waals surface area contributed by atoms with Crippen LogP contribution in [0.15, 0.2) is 60.7 Å². The number of hydrogen-bond donors (Lipinski definition) is 0. The Hall–Kier alpha value is -1.84. The van der Waals surface area contributed by atoms with Crippen LogP contribution < -0.4 is 0 Å². The lowest BCUT2D eigenvalue weighted by atomic mass is 9.95. The number of rotatable bonds is 6. The van der Waals surface area contributed by atoms with E-state index in [2.05, 4.69) is 24.0 Å². The smallest absolute Gasteiger partial charge is 0.338 e. The van der Waals surface area contributed by atoms with E-state index < -0.39 is 0 Å². The van der Waals surface area contributed by atoms with Gasteiger partial charge in [0, 0.05) is 12.5 Å². The maximum Gasteiger partial charge on any atom is 0.338 e. The van der Waals surface area contributed by atoms with Crippen molar-refractivity contribution in [2.45, 2.75) is 32.3 Å². The summed E-state index contributed by atoms with van der Waals surface area (Å²) in [6.45, 7) is 5.45. The van der Waals surface area contributed by atoms with Crippen LogP contribution in [0, 0.1) is 5.92 Å². The zero-order valence-electron chi connectivity index (χ0n) is 15.3. The van der Waals surface area contributed by atoms with Gasteiger partial charge in [-0.3, -0.25) is 0 Å². The Kier molecular flexibility index (Phi) is 8.14. The number of nitrogens with zero attached hydrogens (tertiary/aromatic N) is 1. The summed E-state index contributed by atoms with van der Waals surface area (Å²) < 4.78 is 5.96. The third-order valence-electron chi connectivity index (χ3n) is 4.88. The molecule has 0 saturated carbocycles. The monoisotopic (exact) mass is 373 g/mol. The molecule has 0 aromatic heterocycles. The van der Waals surface area contributed by atoms with Crippen LogP contribution in [0.3, 0.4) is 0 Å². The van der Waals surface area contributed by atoms with Gasteiger partial charge >= 0.3 is 5.97 Å². The molecule has 1 saturated heterocycles. The lowest BCUT2D eigenvalue weighted by molar-refractivity contribution is 0.00874. The van der Waals surface area contributed by atoms with Crippen molar-refractivity contribution in [1.29, 1.82) is 0 Å². The van der Waals surface area contributed by atoms with Crippen LogP contribution in [0.1, 0.15) is 48.2 Å². The van der Waals surface area contributed by atoms with Gasteiger partial charge in [-0.25, -0.2) is 4.79 Å². The Morgan fingerprint density at radius 3 is 2.15 bits per heavy atom. The average molecular weight is 374 g/mol. The van der Waals surface area contributed by atoms with E-state index in [9.17, 15) is 4.79 Å². The molecule has 0 radical (unpaired) electrons. The number of piperidine rings is 1. The van der Waals surface area contributed by atoms with E-state index >= 15 is 0 Å². The van der Waals surface area contributed by atoms with Crippen LogP contribution in [-0.2, 0) is 4.74 Å². The predicted octanol–water partition coefficient (Wildman–Crippen LogP) is 5.13. The van der Waals surface area contributed by atoms with Crippen LogP contribution in [0.4, 0.5) is 0 Å². The molecule has 1 heterocycles. The van der Waals surface area contributed by atoms with Crippen molar-refractivity contribution in [2.75, 3.05) is 19.6 Å². The van der Waals surface area contributed by atoms with Crippen molar-refractivity contribution < 1.29 is 9.53 Å². The second-order valence-corrected chi connectivity index (χ2v) is 6.94. The first-order valence-corrected chi connectivity index (χ1v) is 9.27. The van der Waals surface area contributed by atoms with Gasteiger partial charge in [-0.1, -0.05) is 61.9 Å². The predicted molar refractivity (Wildman–Crippen MR) is 108 cm³/mol. The summed E-state index contributed by atoms with van der Waals surface area (Å²) in [4.78, 5) is 15.1. The van der Waals surface area contributed by atoms with Gasteiger partial charge in [0.2, 0.25) is 0 Å². The summed E-state index contributed by atoms with van der Waals surface area (Å²) in [6, 6.07) is 19.4. The maximum absolute atomic E-state index is 12.6. The molecule has 0 aliphatic carbocycles. The Bertz CT molecular complexity index is 656. The number of carbonyl (C=O) groups excluding carboxylic acids is 1. The van der Waals surface area contributed by atoms with Crippen LogP contribution in [0.25, 0.3) is 0 Å². The Balaban J connectivity index is 0.00000243. The van der Waals surface area contributed by atoms with Crippen LogP contribution in [-0.4, -0.2) is 30.5 Å². The Labute approximate surface area is 162 Å². The Morgan fingerprint density at radius 2 is 1.54 bits per heavy atom. The maximum atomic E-state index is 12.6. The number of halogens is 1. The lowest BCUT2D eigenvalue weighted by Crippen LogP contribution is -2.36. The molecular weight excluding hydrogens is 346 g/mol. The summed E-state index contributed by atoms with van der Waals surface area (Å²) >= 11 is 0. The highest BCUT2D eigenvalue weighted by Crippen LogP contribution is 2.28. The second kappa shape index (κ2) is 10.3. The molecule has 3 rings (SSSR count). The van der Waals surface area contributed by atoms with E-state index in [1.165, 1.54) is 19.3 Å². The molecule has 2 aromatic rings. The van der Waals surface area contributed by atoms with Gasteiger partial charge < -0.3 is 9.64 Å². The summed E-state index contributed by atoms with van der Waals surface area (Å²) in [6.07, 6.45) is 3.64. The molecule has 3 nitrogen and oxygen atoms in total. The largest absolute Gasteiger partial charge is 0.454 e. The minimum atomic E-state index is -0.250. The minimum Gasteiger partial charge on any atom is -0.454 e. The molecule has 0 unspecified atom stereocenters. The van der Waals surface area contributed by atoms with Crippen LogP contribution in [0.2, 0.25) is 0 Å². The van der Waals surface area contributed by atoms with Crippen LogP contribution >= 0.6 is 12.4 Å². The van der Waals surface area contributed by atoms with Gasteiger partial charge in [0.15, 0.2) is 0 Å². The molecule has 2 atom stereocenters. The van der Waals surface area contributed by atoms with Crippen LogP contribution in [0.5, 0.6) is 0 Å². The standard InChI is InChI=1S/C22H27NO2.ClH/c1-18(17-23-15-9-4-10-16-23)21(19-11-5-2-6-12-19)25-22(24)20-13-7-3-8-14-20;/h2-3,5-8,11-14,18,21H,4,9-10,15-17H2,1H3;1H/t18-,21-;/m1./s1. The SMILES string of the molecule is C[C@H](CN1CCCCC1)[C@@H](OC(=O)c1ccccc1)c1ccccc1.Cl. The van der Waals surface area contributed by atoms with E-state index in [1.54, 1.807) is 12.1 Å². The molecule has 4 heteroatoms. The zero-order valence-corrected chi connectivity index (χ0v) is 16.2. The fourth-order valence-corrected chi connectivity index (χ4v) is 3.56. The van der Waals surface area contributed by atoms with Gasteiger partial charge in [0.1, 0.15) is 6.10 Å². The molecular formula is C22H28ClNO2. The van der Waals surface area contributed by atoms with Gasteiger partial charge in [-0.15, -0.1) is 12.4 Å². The molecule has 0 N–H and O–H groups in total. The van der Waals surface area contributed by atoms with Crippen molar-refractivity contribution in [1.82, 2.24) is 4.90 Å². The van der Waals surface area contributed by atoms with Gasteiger partial charge in [0.25, 0.3) is 0 Å². The van der Waals surface area contributed by atoms with Gasteiger partial charge in [-0.05, 0) is 43.6 Å². The van der Waals surface area contributed by atoms with Gasteiger partial charge in [-0.2, -0.15) is 0 Å². The van der Waals surface area contributed by atoms with Crippen molar-refractivity contribution in [2.24, 2.45) is 5.92 Å². The fourth-order valence-electron chi connectivity index (χ4n) is 3.56. The highest BCUT2D eigenvalue weighted by atomic mass is 35.5. The number of carbonyl (C=O) groups is 1. The number of esters is 1. The van der Waals surface area contributed by atoms with E-state index in [1.807, 2.05) is 36.4 Å². The highest BCUT2D eigenvalue weighted by Gasteiger charge is 2.26. The molecule has 1 aliphatic rings. The van der Waals surface area contributed by atoms with Gasteiger partial charge in [0.05, 0.1) is 5.56 Å². The number of hydrogen-bond acceptors (Lipinski definition) is 3. The summed E-state index contributed by atoms with van der Waals surface area (Å²) in [5, 5.41) is 0. The Morgan fingerprint density at radius 1 is 0.962 bits per heavy atom. The lowest BCUT2D eigenvalue weighted by Gasteiger charge is -2.32. The average Bonchev–Trinajstić information content (AvgIpc) is 2.68.